The maximum Gasteiger partial charge on any atom is 0.315 e. The summed E-state index contributed by atoms with van der Waals surface area (Å²) >= 11 is 0. The number of rotatable bonds is 1. The summed E-state index contributed by atoms with van der Waals surface area (Å²) in [6.45, 7) is 3.65. The molecule has 0 N–H and O–H groups in total. The van der Waals surface area contributed by atoms with E-state index in [0.29, 0.717) is 12.2 Å². The van der Waals surface area contributed by atoms with E-state index in [9.17, 15) is 4.79 Å². The van der Waals surface area contributed by atoms with E-state index in [2.05, 4.69) is 6.58 Å². The minimum absolute atomic E-state index is 0.175. The summed E-state index contributed by atoms with van der Waals surface area (Å²) < 4.78 is 4.93. The molecule has 0 atom stereocenters. The Morgan fingerprint density at radius 1 is 1.50 bits per heavy atom. The van der Waals surface area contributed by atoms with Crippen LogP contribution >= 0.6 is 0 Å². The van der Waals surface area contributed by atoms with Crippen LogP contribution in [0.1, 0.15) is 11.1 Å². The Labute approximate surface area is 70.5 Å². The van der Waals surface area contributed by atoms with Crippen molar-refractivity contribution in [3.8, 4) is 5.75 Å². The van der Waals surface area contributed by atoms with Crippen molar-refractivity contribution in [3.63, 3.8) is 0 Å². The zero-order valence-corrected chi connectivity index (χ0v) is 6.54. The molecule has 1 heterocycles. The zero-order chi connectivity index (χ0) is 8.55. The fourth-order valence-electron chi connectivity index (χ4n) is 1.28. The van der Waals surface area contributed by atoms with Crippen molar-refractivity contribution in [2.24, 2.45) is 0 Å². The number of carbonyl (C=O) groups is 1. The largest absolute Gasteiger partial charge is 0.426 e. The quantitative estimate of drug-likeness (QED) is 0.462. The van der Waals surface area contributed by atoms with Gasteiger partial charge >= 0.3 is 5.97 Å². The molecular formula is C10H8O2. The van der Waals surface area contributed by atoms with Gasteiger partial charge in [0.1, 0.15) is 5.75 Å². The summed E-state index contributed by atoms with van der Waals surface area (Å²) in [5, 5.41) is 0. The predicted molar refractivity (Wildman–Crippen MR) is 45.9 cm³/mol. The minimum Gasteiger partial charge on any atom is -0.426 e. The number of carbonyl (C=O) groups excluding carboxylic acids is 1. The molecule has 0 radical (unpaired) electrons. The van der Waals surface area contributed by atoms with Crippen LogP contribution in [0.2, 0.25) is 0 Å². The smallest absolute Gasteiger partial charge is 0.315 e. The number of hydrogen-bond acceptors (Lipinski definition) is 2. The Bertz CT molecular complexity index is 353. The van der Waals surface area contributed by atoms with E-state index < -0.39 is 0 Å². The van der Waals surface area contributed by atoms with Gasteiger partial charge in [-0.3, -0.25) is 4.79 Å². The number of esters is 1. The fraction of sp³-hybridized carbons (Fsp3) is 0.100. The highest BCUT2D eigenvalue weighted by molar-refractivity contribution is 5.81. The average molecular weight is 160 g/mol. The van der Waals surface area contributed by atoms with Crippen LogP contribution in [-0.4, -0.2) is 5.97 Å². The maximum absolute atomic E-state index is 10.9. The molecule has 1 aliphatic rings. The van der Waals surface area contributed by atoms with Crippen molar-refractivity contribution >= 4 is 12.0 Å². The van der Waals surface area contributed by atoms with Gasteiger partial charge in [0.05, 0.1) is 6.42 Å². The number of hydrogen-bond donors (Lipinski definition) is 0. The summed E-state index contributed by atoms with van der Waals surface area (Å²) in [6, 6.07) is 5.61. The minimum atomic E-state index is -0.175. The number of ether oxygens (including phenoxy) is 1. The lowest BCUT2D eigenvalue weighted by Crippen LogP contribution is -1.99. The van der Waals surface area contributed by atoms with E-state index in [4.69, 9.17) is 4.74 Å². The van der Waals surface area contributed by atoms with Gasteiger partial charge in [-0.1, -0.05) is 18.7 Å². The van der Waals surface area contributed by atoms with Crippen LogP contribution in [-0.2, 0) is 11.2 Å². The van der Waals surface area contributed by atoms with E-state index >= 15 is 0 Å². The van der Waals surface area contributed by atoms with Gasteiger partial charge in [-0.15, -0.1) is 0 Å². The van der Waals surface area contributed by atoms with Crippen molar-refractivity contribution < 1.29 is 9.53 Å². The van der Waals surface area contributed by atoms with Crippen LogP contribution in [0.4, 0.5) is 0 Å². The molecule has 1 aromatic rings. The second kappa shape index (κ2) is 2.48. The Morgan fingerprint density at radius 3 is 3.08 bits per heavy atom. The molecule has 0 bridgehead atoms. The summed E-state index contributed by atoms with van der Waals surface area (Å²) in [6.07, 6.45) is 2.14. The first-order valence-corrected chi connectivity index (χ1v) is 3.75. The first-order chi connectivity index (χ1) is 5.79. The lowest BCUT2D eigenvalue weighted by molar-refractivity contribution is -0.131. The molecule has 60 valence electrons. The highest BCUT2D eigenvalue weighted by atomic mass is 16.5. The third kappa shape index (κ3) is 1.01. The van der Waals surface area contributed by atoms with Crippen LogP contribution in [0.5, 0.6) is 5.75 Å². The highest BCUT2D eigenvalue weighted by Crippen LogP contribution is 2.26. The van der Waals surface area contributed by atoms with Crippen LogP contribution < -0.4 is 4.74 Å². The maximum atomic E-state index is 10.9. The molecule has 0 saturated heterocycles. The molecule has 1 aliphatic heterocycles. The Balaban J connectivity index is 2.48. The van der Waals surface area contributed by atoms with Gasteiger partial charge in [0.2, 0.25) is 0 Å². The number of benzene rings is 1. The standard InChI is InChI=1S/C10H8O2/c1-2-7-3-4-9-8(5-7)6-10(11)12-9/h2-5H,1,6H2. The van der Waals surface area contributed by atoms with Crippen molar-refractivity contribution in [3.05, 3.63) is 35.9 Å². The molecule has 0 amide bonds. The van der Waals surface area contributed by atoms with Gasteiger partial charge < -0.3 is 4.74 Å². The topological polar surface area (TPSA) is 26.3 Å². The molecule has 0 fully saturated rings. The van der Waals surface area contributed by atoms with Gasteiger partial charge in [-0.2, -0.15) is 0 Å². The van der Waals surface area contributed by atoms with Crippen molar-refractivity contribution in [1.82, 2.24) is 0 Å². The second-order valence-corrected chi connectivity index (χ2v) is 2.72. The monoisotopic (exact) mass is 160 g/mol. The Hall–Kier alpha value is -1.57. The van der Waals surface area contributed by atoms with Gasteiger partial charge in [-0.25, -0.2) is 0 Å². The first-order valence-electron chi connectivity index (χ1n) is 3.75. The van der Waals surface area contributed by atoms with Crippen molar-refractivity contribution in [2.75, 3.05) is 0 Å². The molecule has 1 aromatic carbocycles. The highest BCUT2D eigenvalue weighted by Gasteiger charge is 2.19. The molecule has 2 rings (SSSR count). The van der Waals surface area contributed by atoms with E-state index in [1.165, 1.54) is 0 Å². The molecule has 2 heteroatoms. The average Bonchev–Trinajstić information content (AvgIpc) is 2.43. The van der Waals surface area contributed by atoms with Crippen LogP contribution in [0.3, 0.4) is 0 Å². The molecule has 2 nitrogen and oxygen atoms in total. The lowest BCUT2D eigenvalue weighted by atomic mass is 10.1. The first kappa shape index (κ1) is 7.10. The molecule has 12 heavy (non-hydrogen) atoms. The second-order valence-electron chi connectivity index (χ2n) is 2.72. The SMILES string of the molecule is C=Cc1ccc2c(c1)CC(=O)O2. The molecule has 0 spiro atoms. The van der Waals surface area contributed by atoms with Gasteiger partial charge in [0.15, 0.2) is 0 Å². The Morgan fingerprint density at radius 2 is 2.33 bits per heavy atom. The van der Waals surface area contributed by atoms with Gasteiger partial charge in [0.25, 0.3) is 0 Å². The molecule has 0 aromatic heterocycles. The Kier molecular flexibility index (Phi) is 1.47. The van der Waals surface area contributed by atoms with E-state index in [1.54, 1.807) is 12.1 Å². The van der Waals surface area contributed by atoms with Crippen molar-refractivity contribution in [2.45, 2.75) is 6.42 Å². The van der Waals surface area contributed by atoms with E-state index in [1.807, 2.05) is 12.1 Å². The summed E-state index contributed by atoms with van der Waals surface area (Å²) in [5.41, 5.74) is 1.98. The normalized spacial score (nSPS) is 13.8. The van der Waals surface area contributed by atoms with E-state index in [0.717, 1.165) is 11.1 Å². The number of fused-ring (bicyclic) bond motifs is 1. The molecule has 0 aliphatic carbocycles. The third-order valence-corrected chi connectivity index (χ3v) is 1.88. The lowest BCUT2D eigenvalue weighted by Gasteiger charge is -1.96. The summed E-state index contributed by atoms with van der Waals surface area (Å²) in [4.78, 5) is 10.9. The summed E-state index contributed by atoms with van der Waals surface area (Å²) in [5.74, 6) is 0.511. The van der Waals surface area contributed by atoms with E-state index in [-0.39, 0.29) is 5.97 Å². The fourth-order valence-corrected chi connectivity index (χ4v) is 1.28. The van der Waals surface area contributed by atoms with Gasteiger partial charge in [0, 0.05) is 5.56 Å². The van der Waals surface area contributed by atoms with Crippen LogP contribution in [0, 0.1) is 0 Å². The predicted octanol–water partition coefficient (Wildman–Crippen LogP) is 1.79. The van der Waals surface area contributed by atoms with Crippen LogP contribution in [0.15, 0.2) is 24.8 Å². The molecular weight excluding hydrogens is 152 g/mol. The molecule has 0 saturated carbocycles. The summed E-state index contributed by atoms with van der Waals surface area (Å²) in [7, 11) is 0. The van der Waals surface area contributed by atoms with Crippen molar-refractivity contribution in [1.29, 1.82) is 0 Å². The molecule has 0 unspecified atom stereocenters. The third-order valence-electron chi connectivity index (χ3n) is 1.88. The van der Waals surface area contributed by atoms with Gasteiger partial charge in [-0.05, 0) is 17.7 Å². The zero-order valence-electron chi connectivity index (χ0n) is 6.54. The van der Waals surface area contributed by atoms with Crippen LogP contribution in [0.25, 0.3) is 6.08 Å².